The summed E-state index contributed by atoms with van der Waals surface area (Å²) in [5, 5.41) is 0. The molecule has 0 aliphatic carbocycles. The molecular weight excluding hydrogens is 284 g/mol. The Morgan fingerprint density at radius 1 is 0.609 bits per heavy atom. The van der Waals surface area contributed by atoms with Gasteiger partial charge in [-0.05, 0) is 38.5 Å². The summed E-state index contributed by atoms with van der Waals surface area (Å²) in [6.07, 6.45) is 24.2. The maximum absolute atomic E-state index is 9.97. The summed E-state index contributed by atoms with van der Waals surface area (Å²) < 4.78 is 0. The van der Waals surface area contributed by atoms with Crippen molar-refractivity contribution < 1.29 is 9.59 Å². The molecule has 2 nitrogen and oxygen atoms in total. The maximum atomic E-state index is 9.97. The Bertz CT molecular complexity index is 255. The Kier molecular flexibility index (Phi) is 27.0. The number of hydrogen-bond donors (Lipinski definition) is 0. The zero-order valence-electron chi connectivity index (χ0n) is 15.3. The van der Waals surface area contributed by atoms with Crippen molar-refractivity contribution in [1.82, 2.24) is 0 Å². The summed E-state index contributed by atoms with van der Waals surface area (Å²) in [6, 6.07) is 0. The van der Waals surface area contributed by atoms with Gasteiger partial charge in [0.1, 0.15) is 12.6 Å². The molecule has 134 valence electrons. The minimum absolute atomic E-state index is 0.671. The van der Waals surface area contributed by atoms with E-state index in [-0.39, 0.29) is 0 Å². The van der Waals surface area contributed by atoms with Gasteiger partial charge in [0.2, 0.25) is 0 Å². The highest BCUT2D eigenvalue weighted by molar-refractivity contribution is 5.49. The fourth-order valence-corrected chi connectivity index (χ4v) is 2.14. The molecule has 0 aliphatic rings. The van der Waals surface area contributed by atoms with E-state index in [1.165, 1.54) is 57.8 Å². The number of allylic oxidation sites excluding steroid dienone is 3. The molecule has 0 radical (unpaired) electrons. The molecule has 0 atom stereocenters. The number of carbonyl (C=O) groups is 2. The SMILES string of the molecule is C=CCCCCCCCCC=O.CCCCC/C=C/CCC=O. The minimum Gasteiger partial charge on any atom is -0.303 e. The lowest BCUT2D eigenvalue weighted by Gasteiger charge is -1.97. The summed E-state index contributed by atoms with van der Waals surface area (Å²) in [5.74, 6) is 0. The maximum Gasteiger partial charge on any atom is 0.120 e. The second-order valence-corrected chi connectivity index (χ2v) is 5.87. The van der Waals surface area contributed by atoms with Crippen molar-refractivity contribution in [3.8, 4) is 0 Å². The Morgan fingerprint density at radius 3 is 1.70 bits per heavy atom. The van der Waals surface area contributed by atoms with E-state index in [4.69, 9.17) is 0 Å². The Hall–Kier alpha value is -1.18. The molecule has 0 fully saturated rings. The molecular formula is C21H38O2. The summed E-state index contributed by atoms with van der Waals surface area (Å²) >= 11 is 0. The Morgan fingerprint density at radius 2 is 1.13 bits per heavy atom. The number of carbonyl (C=O) groups excluding carboxylic acids is 2. The van der Waals surface area contributed by atoms with Crippen LogP contribution < -0.4 is 0 Å². The molecule has 0 aliphatic heterocycles. The Labute approximate surface area is 144 Å². The molecule has 0 unspecified atom stereocenters. The van der Waals surface area contributed by atoms with E-state index >= 15 is 0 Å². The molecule has 0 saturated carbocycles. The topological polar surface area (TPSA) is 34.1 Å². The number of aldehydes is 2. The van der Waals surface area contributed by atoms with Gasteiger partial charge >= 0.3 is 0 Å². The average molecular weight is 323 g/mol. The highest BCUT2D eigenvalue weighted by atomic mass is 16.1. The van der Waals surface area contributed by atoms with Gasteiger partial charge in [0.25, 0.3) is 0 Å². The predicted octanol–water partition coefficient (Wildman–Crippen LogP) is 6.59. The van der Waals surface area contributed by atoms with E-state index in [0.29, 0.717) is 6.42 Å². The third-order valence-corrected chi connectivity index (χ3v) is 3.57. The van der Waals surface area contributed by atoms with Crippen LogP contribution in [0.2, 0.25) is 0 Å². The molecule has 0 amide bonds. The van der Waals surface area contributed by atoms with Gasteiger partial charge in [-0.25, -0.2) is 0 Å². The number of rotatable bonds is 16. The van der Waals surface area contributed by atoms with E-state index in [9.17, 15) is 9.59 Å². The van der Waals surface area contributed by atoms with Gasteiger partial charge in [-0.15, -0.1) is 6.58 Å². The first-order valence-electron chi connectivity index (χ1n) is 9.46. The van der Waals surface area contributed by atoms with Crippen LogP contribution in [0.5, 0.6) is 0 Å². The minimum atomic E-state index is 0.671. The van der Waals surface area contributed by atoms with E-state index in [1.54, 1.807) is 0 Å². The van der Waals surface area contributed by atoms with Gasteiger partial charge in [-0.3, -0.25) is 0 Å². The van der Waals surface area contributed by atoms with Gasteiger partial charge in [0.05, 0.1) is 0 Å². The second kappa shape index (κ2) is 25.8. The predicted molar refractivity (Wildman–Crippen MR) is 102 cm³/mol. The first-order valence-corrected chi connectivity index (χ1v) is 9.46. The van der Waals surface area contributed by atoms with Crippen molar-refractivity contribution in [2.75, 3.05) is 0 Å². The zero-order valence-corrected chi connectivity index (χ0v) is 15.3. The Balaban J connectivity index is 0. The molecule has 0 rings (SSSR count). The zero-order chi connectivity index (χ0) is 17.4. The largest absolute Gasteiger partial charge is 0.303 e. The third-order valence-electron chi connectivity index (χ3n) is 3.57. The first kappa shape index (κ1) is 24.1. The first-order chi connectivity index (χ1) is 11.3. The van der Waals surface area contributed by atoms with E-state index < -0.39 is 0 Å². The van der Waals surface area contributed by atoms with Crippen LogP contribution in [0.4, 0.5) is 0 Å². The van der Waals surface area contributed by atoms with Crippen LogP contribution in [-0.4, -0.2) is 12.6 Å². The van der Waals surface area contributed by atoms with Crippen molar-refractivity contribution in [2.45, 2.75) is 96.8 Å². The third kappa shape index (κ3) is 29.5. The lowest BCUT2D eigenvalue weighted by molar-refractivity contribution is -0.108. The van der Waals surface area contributed by atoms with Crippen LogP contribution in [0.1, 0.15) is 96.8 Å². The van der Waals surface area contributed by atoms with Crippen LogP contribution in [0.15, 0.2) is 24.8 Å². The van der Waals surface area contributed by atoms with Crippen LogP contribution in [0.25, 0.3) is 0 Å². The highest BCUT2D eigenvalue weighted by Gasteiger charge is 1.89. The van der Waals surface area contributed by atoms with Crippen LogP contribution in [0.3, 0.4) is 0 Å². The van der Waals surface area contributed by atoms with Crippen LogP contribution in [-0.2, 0) is 9.59 Å². The molecule has 0 aromatic carbocycles. The van der Waals surface area contributed by atoms with Crippen molar-refractivity contribution in [1.29, 1.82) is 0 Å². The standard InChI is InChI=1S/C11H20O.C10H18O/c1-2-3-4-5-6-7-8-9-10-11-12;1-2-3-4-5-6-7-8-9-10-11/h2,11H,1,3-10H2;6-7,10H,2-5,8-9H2,1H3/b;7-6+. The van der Waals surface area contributed by atoms with Gasteiger partial charge in [0, 0.05) is 12.8 Å². The molecule has 0 spiro atoms. The lowest BCUT2D eigenvalue weighted by Crippen LogP contribution is -1.80. The highest BCUT2D eigenvalue weighted by Crippen LogP contribution is 2.07. The molecule has 0 aromatic rings. The molecule has 23 heavy (non-hydrogen) atoms. The van der Waals surface area contributed by atoms with Gasteiger partial charge in [-0.1, -0.05) is 63.7 Å². The van der Waals surface area contributed by atoms with Crippen LogP contribution >= 0.6 is 0 Å². The van der Waals surface area contributed by atoms with Gasteiger partial charge in [0.15, 0.2) is 0 Å². The fraction of sp³-hybridized carbons (Fsp3) is 0.714. The molecule has 0 bridgehead atoms. The summed E-state index contributed by atoms with van der Waals surface area (Å²) in [7, 11) is 0. The quantitative estimate of drug-likeness (QED) is 0.182. The van der Waals surface area contributed by atoms with E-state index in [1.807, 2.05) is 6.08 Å². The smallest absolute Gasteiger partial charge is 0.120 e. The summed E-state index contributed by atoms with van der Waals surface area (Å²) in [6.45, 7) is 5.88. The monoisotopic (exact) mass is 322 g/mol. The molecule has 0 N–H and O–H groups in total. The van der Waals surface area contributed by atoms with Crippen molar-refractivity contribution in [3.05, 3.63) is 24.8 Å². The van der Waals surface area contributed by atoms with Crippen molar-refractivity contribution >= 4 is 12.6 Å². The molecule has 0 heterocycles. The average Bonchev–Trinajstić information content (AvgIpc) is 2.57. The number of unbranched alkanes of at least 4 members (excludes halogenated alkanes) is 11. The fourth-order valence-electron chi connectivity index (χ4n) is 2.14. The van der Waals surface area contributed by atoms with Crippen LogP contribution in [0, 0.1) is 0 Å². The van der Waals surface area contributed by atoms with E-state index in [0.717, 1.165) is 38.3 Å². The summed E-state index contributed by atoms with van der Waals surface area (Å²) in [4.78, 5) is 19.9. The van der Waals surface area contributed by atoms with Gasteiger partial charge in [-0.2, -0.15) is 0 Å². The van der Waals surface area contributed by atoms with Gasteiger partial charge < -0.3 is 9.59 Å². The molecule has 2 heteroatoms. The second-order valence-electron chi connectivity index (χ2n) is 5.87. The summed E-state index contributed by atoms with van der Waals surface area (Å²) in [5.41, 5.74) is 0. The van der Waals surface area contributed by atoms with Crippen molar-refractivity contribution in [3.63, 3.8) is 0 Å². The number of hydrogen-bond acceptors (Lipinski definition) is 2. The van der Waals surface area contributed by atoms with Crippen molar-refractivity contribution in [2.24, 2.45) is 0 Å². The molecule has 0 saturated heterocycles. The normalized spacial score (nSPS) is 10.1. The molecule has 0 aromatic heterocycles. The lowest BCUT2D eigenvalue weighted by atomic mass is 10.1. The van der Waals surface area contributed by atoms with E-state index in [2.05, 4.69) is 25.7 Å².